The molecule has 0 unspecified atom stereocenters. The van der Waals surface area contributed by atoms with E-state index in [4.69, 9.17) is 16.0 Å². The molecule has 21 heavy (non-hydrogen) atoms. The Morgan fingerprint density at radius 1 is 1.29 bits per heavy atom. The molecule has 0 bridgehead atoms. The van der Waals surface area contributed by atoms with Crippen LogP contribution in [0.2, 0.25) is 5.02 Å². The summed E-state index contributed by atoms with van der Waals surface area (Å²) in [6.45, 7) is 7.36. The molecule has 0 saturated heterocycles. The minimum absolute atomic E-state index is 0.130. The lowest BCUT2D eigenvalue weighted by molar-refractivity contribution is 0.412. The Morgan fingerprint density at radius 2 is 2.05 bits per heavy atom. The van der Waals surface area contributed by atoms with E-state index in [1.807, 2.05) is 18.2 Å². The monoisotopic (exact) mass is 371 g/mol. The predicted molar refractivity (Wildman–Crippen MR) is 88.5 cm³/mol. The van der Waals surface area contributed by atoms with E-state index >= 15 is 0 Å². The van der Waals surface area contributed by atoms with Crippen molar-refractivity contribution in [3.8, 4) is 11.5 Å². The summed E-state index contributed by atoms with van der Waals surface area (Å²) in [4.78, 5) is 0. The molecular formula is C15H19BrClN3O. The maximum Gasteiger partial charge on any atom is 0.249 e. The topological polar surface area (TPSA) is 51.0 Å². The minimum Gasteiger partial charge on any atom is -0.421 e. The highest BCUT2D eigenvalue weighted by atomic mass is 79.9. The minimum atomic E-state index is 0.130. The highest BCUT2D eigenvalue weighted by molar-refractivity contribution is 9.10. The van der Waals surface area contributed by atoms with Gasteiger partial charge in [-0.05, 0) is 51.9 Å². The molecule has 1 N–H and O–H groups in total. The van der Waals surface area contributed by atoms with E-state index in [2.05, 4.69) is 52.2 Å². The Morgan fingerprint density at radius 3 is 2.71 bits per heavy atom. The SMILES string of the molecule is CC(C)(C)NCCCc1nnc(-c2ccc(Br)cc2Cl)o1. The van der Waals surface area contributed by atoms with E-state index in [-0.39, 0.29) is 5.54 Å². The second kappa shape index (κ2) is 6.90. The van der Waals surface area contributed by atoms with E-state index in [1.54, 1.807) is 0 Å². The third kappa shape index (κ3) is 5.09. The molecule has 0 aliphatic carbocycles. The van der Waals surface area contributed by atoms with Crippen molar-refractivity contribution in [1.29, 1.82) is 0 Å². The summed E-state index contributed by atoms with van der Waals surface area (Å²) < 4.78 is 6.59. The fourth-order valence-electron chi connectivity index (χ4n) is 1.83. The van der Waals surface area contributed by atoms with E-state index in [0.717, 1.165) is 29.4 Å². The van der Waals surface area contributed by atoms with Crippen LogP contribution in [-0.4, -0.2) is 22.3 Å². The molecule has 1 aromatic heterocycles. The molecule has 0 spiro atoms. The van der Waals surface area contributed by atoms with Crippen LogP contribution in [0.4, 0.5) is 0 Å². The summed E-state index contributed by atoms with van der Waals surface area (Å²) >= 11 is 9.56. The first kappa shape index (κ1) is 16.5. The number of benzene rings is 1. The van der Waals surface area contributed by atoms with Gasteiger partial charge < -0.3 is 9.73 Å². The molecule has 0 fully saturated rings. The maximum atomic E-state index is 6.18. The van der Waals surface area contributed by atoms with Gasteiger partial charge in [0.05, 0.1) is 10.6 Å². The number of hydrogen-bond donors (Lipinski definition) is 1. The molecule has 2 aromatic rings. The Hall–Kier alpha value is -0.910. The molecule has 0 saturated carbocycles. The Balaban J connectivity index is 1.95. The van der Waals surface area contributed by atoms with Crippen LogP contribution in [0, 0.1) is 0 Å². The van der Waals surface area contributed by atoms with E-state index in [9.17, 15) is 0 Å². The van der Waals surface area contributed by atoms with Crippen LogP contribution >= 0.6 is 27.5 Å². The normalized spacial score (nSPS) is 11.9. The molecule has 2 rings (SSSR count). The fourth-order valence-corrected chi connectivity index (χ4v) is 2.58. The first-order chi connectivity index (χ1) is 9.85. The van der Waals surface area contributed by atoms with Crippen molar-refractivity contribution in [2.45, 2.75) is 39.2 Å². The first-order valence-corrected chi connectivity index (χ1v) is 8.05. The molecule has 6 heteroatoms. The third-order valence-corrected chi connectivity index (χ3v) is 3.66. The van der Waals surface area contributed by atoms with Crippen LogP contribution in [0.15, 0.2) is 27.1 Å². The van der Waals surface area contributed by atoms with Crippen molar-refractivity contribution in [2.24, 2.45) is 0 Å². The summed E-state index contributed by atoms with van der Waals surface area (Å²) in [6.07, 6.45) is 1.71. The Kier molecular flexibility index (Phi) is 5.41. The largest absolute Gasteiger partial charge is 0.421 e. The van der Waals surface area contributed by atoms with Gasteiger partial charge in [-0.3, -0.25) is 0 Å². The highest BCUT2D eigenvalue weighted by Gasteiger charge is 2.13. The Bertz CT molecular complexity index is 607. The molecule has 0 atom stereocenters. The number of nitrogens with zero attached hydrogens (tertiary/aromatic N) is 2. The number of aromatic nitrogens is 2. The van der Waals surface area contributed by atoms with Crippen LogP contribution in [0.25, 0.3) is 11.5 Å². The molecule has 1 heterocycles. The molecule has 0 radical (unpaired) electrons. The van der Waals surface area contributed by atoms with Gasteiger partial charge in [-0.2, -0.15) is 0 Å². The molecule has 0 amide bonds. The van der Waals surface area contributed by atoms with Crippen LogP contribution in [0.1, 0.15) is 33.1 Å². The molecular weight excluding hydrogens is 354 g/mol. The highest BCUT2D eigenvalue weighted by Crippen LogP contribution is 2.29. The average Bonchev–Trinajstić information content (AvgIpc) is 2.82. The lowest BCUT2D eigenvalue weighted by atomic mass is 10.1. The van der Waals surface area contributed by atoms with Crippen molar-refractivity contribution in [2.75, 3.05) is 6.54 Å². The summed E-state index contributed by atoms with van der Waals surface area (Å²) in [7, 11) is 0. The van der Waals surface area contributed by atoms with Gasteiger partial charge in [0.2, 0.25) is 11.8 Å². The van der Waals surface area contributed by atoms with Gasteiger partial charge in [0.1, 0.15) is 0 Å². The molecule has 0 aliphatic heterocycles. The second-order valence-corrected chi connectivity index (χ2v) is 7.23. The van der Waals surface area contributed by atoms with Gasteiger partial charge in [0, 0.05) is 16.4 Å². The van der Waals surface area contributed by atoms with Gasteiger partial charge in [0.15, 0.2) is 0 Å². The summed E-state index contributed by atoms with van der Waals surface area (Å²) in [5.74, 6) is 1.10. The fraction of sp³-hybridized carbons (Fsp3) is 0.467. The van der Waals surface area contributed by atoms with Crippen molar-refractivity contribution >= 4 is 27.5 Å². The maximum absolute atomic E-state index is 6.18. The first-order valence-electron chi connectivity index (χ1n) is 6.88. The average molecular weight is 373 g/mol. The number of nitrogens with one attached hydrogen (secondary N) is 1. The lowest BCUT2D eigenvalue weighted by Gasteiger charge is -2.19. The zero-order valence-corrected chi connectivity index (χ0v) is 14.8. The van der Waals surface area contributed by atoms with Crippen molar-refractivity contribution < 1.29 is 4.42 Å². The van der Waals surface area contributed by atoms with E-state index in [0.29, 0.717) is 16.8 Å². The van der Waals surface area contributed by atoms with Gasteiger partial charge in [-0.1, -0.05) is 27.5 Å². The number of aryl methyl sites for hydroxylation is 1. The van der Waals surface area contributed by atoms with E-state index in [1.165, 1.54) is 0 Å². The van der Waals surface area contributed by atoms with Crippen LogP contribution < -0.4 is 5.32 Å². The number of hydrogen-bond acceptors (Lipinski definition) is 4. The van der Waals surface area contributed by atoms with Gasteiger partial charge in [-0.15, -0.1) is 10.2 Å². The van der Waals surface area contributed by atoms with Crippen LogP contribution in [0.3, 0.4) is 0 Å². The van der Waals surface area contributed by atoms with Crippen molar-refractivity contribution in [1.82, 2.24) is 15.5 Å². The quantitative estimate of drug-likeness (QED) is 0.787. The lowest BCUT2D eigenvalue weighted by Crippen LogP contribution is -2.36. The predicted octanol–water partition coefficient (Wildman–Crippen LogP) is 4.47. The van der Waals surface area contributed by atoms with Crippen molar-refractivity contribution in [3.63, 3.8) is 0 Å². The summed E-state index contributed by atoms with van der Waals surface area (Å²) in [5.41, 5.74) is 0.886. The van der Waals surface area contributed by atoms with Gasteiger partial charge >= 0.3 is 0 Å². The molecule has 0 aliphatic rings. The zero-order valence-electron chi connectivity index (χ0n) is 12.4. The van der Waals surface area contributed by atoms with E-state index < -0.39 is 0 Å². The summed E-state index contributed by atoms with van der Waals surface area (Å²) in [6, 6.07) is 5.58. The molecule has 1 aromatic carbocycles. The molecule has 4 nitrogen and oxygen atoms in total. The zero-order chi connectivity index (χ0) is 15.5. The third-order valence-electron chi connectivity index (χ3n) is 2.85. The van der Waals surface area contributed by atoms with Gasteiger partial charge in [-0.25, -0.2) is 0 Å². The second-order valence-electron chi connectivity index (χ2n) is 5.91. The summed E-state index contributed by atoms with van der Waals surface area (Å²) in [5, 5.41) is 12.2. The Labute approximate surface area is 138 Å². The van der Waals surface area contributed by atoms with Gasteiger partial charge in [0.25, 0.3) is 0 Å². The van der Waals surface area contributed by atoms with Crippen LogP contribution in [0.5, 0.6) is 0 Å². The van der Waals surface area contributed by atoms with Crippen LogP contribution in [-0.2, 0) is 6.42 Å². The standard InChI is InChI=1S/C15H19BrClN3O/c1-15(2,3)18-8-4-5-13-19-20-14(21-13)11-7-6-10(16)9-12(11)17/h6-7,9,18H,4-5,8H2,1-3H3. The number of rotatable bonds is 5. The smallest absolute Gasteiger partial charge is 0.249 e. The number of halogens is 2. The van der Waals surface area contributed by atoms with Crippen molar-refractivity contribution in [3.05, 3.63) is 33.6 Å². The molecule has 114 valence electrons.